The van der Waals surface area contributed by atoms with Gasteiger partial charge in [-0.1, -0.05) is 0 Å². The molecular weight excluding hydrogens is 392 g/mol. The smallest absolute Gasteiger partial charge is 0.315 e. The molecule has 2 N–H and O–H groups in total. The van der Waals surface area contributed by atoms with Gasteiger partial charge in [0.1, 0.15) is 0 Å². The van der Waals surface area contributed by atoms with Gasteiger partial charge in [0.15, 0.2) is 11.5 Å². The summed E-state index contributed by atoms with van der Waals surface area (Å²) >= 11 is 0. The van der Waals surface area contributed by atoms with Crippen LogP contribution in [0.3, 0.4) is 0 Å². The van der Waals surface area contributed by atoms with Crippen LogP contribution in [-0.2, 0) is 11.2 Å². The SMILES string of the molecule is COc1cc(CCNC(=O)NC2CCN(C(=O)C3CC3)CC2)c([N+](=O)[O-])cc1OC. The van der Waals surface area contributed by atoms with E-state index in [2.05, 4.69) is 10.6 Å². The Hall–Kier alpha value is -3.04. The molecule has 2 fully saturated rings. The van der Waals surface area contributed by atoms with Crippen LogP contribution in [-0.4, -0.2) is 61.7 Å². The van der Waals surface area contributed by atoms with Gasteiger partial charge in [0.25, 0.3) is 5.69 Å². The summed E-state index contributed by atoms with van der Waals surface area (Å²) in [5.41, 5.74) is 0.368. The van der Waals surface area contributed by atoms with Crippen molar-refractivity contribution in [1.82, 2.24) is 15.5 Å². The molecule has 0 bridgehead atoms. The van der Waals surface area contributed by atoms with Crippen molar-refractivity contribution in [3.8, 4) is 11.5 Å². The van der Waals surface area contributed by atoms with E-state index in [0.29, 0.717) is 24.4 Å². The zero-order chi connectivity index (χ0) is 21.7. The monoisotopic (exact) mass is 420 g/mol. The molecular formula is C20H28N4O6. The number of likely N-dealkylation sites (tertiary alicyclic amines) is 1. The number of nitrogens with one attached hydrogen (secondary N) is 2. The van der Waals surface area contributed by atoms with Gasteiger partial charge in [0.05, 0.1) is 25.2 Å². The lowest BCUT2D eigenvalue weighted by atomic mass is 10.0. The molecule has 0 atom stereocenters. The number of ether oxygens (including phenoxy) is 2. The van der Waals surface area contributed by atoms with Crippen LogP contribution in [0.1, 0.15) is 31.2 Å². The average Bonchev–Trinajstić information content (AvgIpc) is 3.58. The highest BCUT2D eigenvalue weighted by molar-refractivity contribution is 5.81. The third kappa shape index (κ3) is 5.31. The third-order valence-corrected chi connectivity index (χ3v) is 5.53. The molecule has 0 spiro atoms. The highest BCUT2D eigenvalue weighted by Crippen LogP contribution is 2.34. The highest BCUT2D eigenvalue weighted by atomic mass is 16.6. The largest absolute Gasteiger partial charge is 0.493 e. The molecule has 1 aromatic rings. The molecule has 164 valence electrons. The van der Waals surface area contributed by atoms with Gasteiger partial charge in [0.2, 0.25) is 5.91 Å². The van der Waals surface area contributed by atoms with Crippen LogP contribution in [0.25, 0.3) is 0 Å². The first-order valence-corrected chi connectivity index (χ1v) is 10.1. The lowest BCUT2D eigenvalue weighted by Gasteiger charge is -2.32. The van der Waals surface area contributed by atoms with Gasteiger partial charge < -0.3 is 25.0 Å². The minimum atomic E-state index is -0.478. The first-order valence-electron chi connectivity index (χ1n) is 10.1. The van der Waals surface area contributed by atoms with Gasteiger partial charge >= 0.3 is 6.03 Å². The van der Waals surface area contributed by atoms with Gasteiger partial charge in [0, 0.05) is 37.2 Å². The number of piperidine rings is 1. The van der Waals surface area contributed by atoms with Crippen molar-refractivity contribution in [2.24, 2.45) is 5.92 Å². The normalized spacial score (nSPS) is 16.7. The quantitative estimate of drug-likeness (QED) is 0.489. The predicted molar refractivity (Wildman–Crippen MR) is 109 cm³/mol. The maximum absolute atomic E-state index is 12.2. The van der Waals surface area contributed by atoms with Gasteiger partial charge in [-0.3, -0.25) is 14.9 Å². The Kier molecular flexibility index (Phi) is 6.96. The summed E-state index contributed by atoms with van der Waals surface area (Å²) in [6.07, 6.45) is 3.73. The Morgan fingerprint density at radius 2 is 1.77 bits per heavy atom. The average molecular weight is 420 g/mol. The minimum Gasteiger partial charge on any atom is -0.493 e. The third-order valence-electron chi connectivity index (χ3n) is 5.53. The summed E-state index contributed by atoms with van der Waals surface area (Å²) in [5, 5.41) is 17.0. The number of nitro groups is 1. The van der Waals surface area contributed by atoms with Gasteiger partial charge in [-0.15, -0.1) is 0 Å². The summed E-state index contributed by atoms with van der Waals surface area (Å²) in [4.78, 5) is 37.1. The lowest BCUT2D eigenvalue weighted by molar-refractivity contribution is -0.385. The number of rotatable bonds is 8. The van der Waals surface area contributed by atoms with E-state index >= 15 is 0 Å². The van der Waals surface area contributed by atoms with Crippen LogP contribution in [0.4, 0.5) is 10.5 Å². The van der Waals surface area contributed by atoms with Crippen molar-refractivity contribution < 1.29 is 24.0 Å². The number of nitro benzene ring substituents is 1. The zero-order valence-electron chi connectivity index (χ0n) is 17.3. The number of hydrogen-bond acceptors (Lipinski definition) is 6. The van der Waals surface area contributed by atoms with Crippen LogP contribution < -0.4 is 20.1 Å². The molecule has 3 rings (SSSR count). The molecule has 3 amide bonds. The van der Waals surface area contributed by atoms with Crippen molar-refractivity contribution in [2.45, 2.75) is 38.1 Å². The molecule has 30 heavy (non-hydrogen) atoms. The lowest BCUT2D eigenvalue weighted by Crippen LogP contribution is -2.49. The number of carbonyl (C=O) groups is 2. The molecule has 1 aliphatic carbocycles. The van der Waals surface area contributed by atoms with Crippen molar-refractivity contribution >= 4 is 17.6 Å². The maximum Gasteiger partial charge on any atom is 0.315 e. The van der Waals surface area contributed by atoms with Crippen LogP contribution in [0, 0.1) is 16.0 Å². The molecule has 1 heterocycles. The Morgan fingerprint density at radius 3 is 2.33 bits per heavy atom. The molecule has 1 saturated carbocycles. The van der Waals surface area contributed by atoms with E-state index in [1.165, 1.54) is 20.3 Å². The molecule has 2 aliphatic rings. The summed E-state index contributed by atoms with van der Waals surface area (Å²) < 4.78 is 10.3. The van der Waals surface area contributed by atoms with Gasteiger partial charge in [-0.2, -0.15) is 0 Å². The summed E-state index contributed by atoms with van der Waals surface area (Å²) in [6.45, 7) is 1.57. The predicted octanol–water partition coefficient (Wildman–Crippen LogP) is 1.85. The van der Waals surface area contributed by atoms with Gasteiger partial charge in [-0.05, 0) is 38.2 Å². The standard InChI is InChI=1S/C20H28N4O6/c1-29-17-11-14(16(24(27)28)12-18(17)30-2)5-8-21-20(26)22-15-6-9-23(10-7-15)19(25)13-3-4-13/h11-13,15H,3-10H2,1-2H3,(H2,21,22,26). The number of carbonyl (C=O) groups excluding carboxylic acids is 2. The van der Waals surface area contributed by atoms with Crippen molar-refractivity contribution in [1.29, 1.82) is 0 Å². The Labute approximate surface area is 175 Å². The summed E-state index contributed by atoms with van der Waals surface area (Å²) in [7, 11) is 2.88. The van der Waals surface area contributed by atoms with Crippen molar-refractivity contribution in [2.75, 3.05) is 33.9 Å². The molecule has 0 aromatic heterocycles. The molecule has 10 heteroatoms. The van der Waals surface area contributed by atoms with Gasteiger partial charge in [-0.25, -0.2) is 4.79 Å². The number of benzene rings is 1. The Morgan fingerprint density at radius 1 is 1.13 bits per heavy atom. The summed E-state index contributed by atoms with van der Waals surface area (Å²) in [5.74, 6) is 1.15. The number of hydrogen-bond donors (Lipinski definition) is 2. The number of methoxy groups -OCH3 is 2. The van der Waals surface area contributed by atoms with E-state index in [1.54, 1.807) is 6.07 Å². The van der Waals surface area contributed by atoms with E-state index in [1.807, 2.05) is 4.90 Å². The van der Waals surface area contributed by atoms with E-state index in [0.717, 1.165) is 25.7 Å². The van der Waals surface area contributed by atoms with E-state index in [9.17, 15) is 19.7 Å². The van der Waals surface area contributed by atoms with Crippen LogP contribution in [0.5, 0.6) is 11.5 Å². The minimum absolute atomic E-state index is 0.0173. The fourth-order valence-corrected chi connectivity index (χ4v) is 3.66. The molecule has 0 unspecified atom stereocenters. The number of nitrogens with zero attached hydrogens (tertiary/aromatic N) is 2. The van der Waals surface area contributed by atoms with Crippen LogP contribution >= 0.6 is 0 Å². The summed E-state index contributed by atoms with van der Waals surface area (Å²) in [6, 6.07) is 2.59. The second kappa shape index (κ2) is 9.64. The fourth-order valence-electron chi connectivity index (χ4n) is 3.66. The molecule has 1 aliphatic heterocycles. The van der Waals surface area contributed by atoms with Crippen molar-refractivity contribution in [3.05, 3.63) is 27.8 Å². The Bertz CT molecular complexity index is 803. The molecule has 1 saturated heterocycles. The number of amides is 3. The second-order valence-electron chi connectivity index (χ2n) is 7.62. The maximum atomic E-state index is 12.2. The van der Waals surface area contributed by atoms with Crippen molar-refractivity contribution in [3.63, 3.8) is 0 Å². The van der Waals surface area contributed by atoms with E-state index < -0.39 is 4.92 Å². The molecule has 0 radical (unpaired) electrons. The molecule has 10 nitrogen and oxygen atoms in total. The first kappa shape index (κ1) is 21.7. The zero-order valence-corrected chi connectivity index (χ0v) is 17.3. The first-order chi connectivity index (χ1) is 14.4. The molecule has 1 aromatic carbocycles. The van der Waals surface area contributed by atoms with Crippen LogP contribution in [0.15, 0.2) is 12.1 Å². The van der Waals surface area contributed by atoms with E-state index in [-0.39, 0.29) is 48.3 Å². The Balaban J connectivity index is 1.46. The topological polar surface area (TPSA) is 123 Å². The number of urea groups is 1. The highest BCUT2D eigenvalue weighted by Gasteiger charge is 2.35. The van der Waals surface area contributed by atoms with Crippen LogP contribution in [0.2, 0.25) is 0 Å². The fraction of sp³-hybridized carbons (Fsp3) is 0.600. The van der Waals surface area contributed by atoms with E-state index in [4.69, 9.17) is 9.47 Å². The second-order valence-corrected chi connectivity index (χ2v) is 7.62.